The van der Waals surface area contributed by atoms with E-state index >= 15 is 0 Å². The predicted octanol–water partition coefficient (Wildman–Crippen LogP) is 4.78. The number of H-pyrrole nitrogens is 2. The average Bonchev–Trinajstić information content (AvgIpc) is 4.13. The number of hydrogen-bond donors (Lipinski definition) is 8. The minimum absolute atomic E-state index is 0.0130. The Bertz CT molecular complexity index is 3180. The van der Waals surface area contributed by atoms with Crippen LogP contribution in [0.3, 0.4) is 0 Å². The predicted molar refractivity (Wildman–Crippen MR) is 254 cm³/mol. The molecule has 0 amide bonds. The Kier molecular flexibility index (Phi) is 16.1. The van der Waals surface area contributed by atoms with Crippen LogP contribution in [0.4, 0.5) is 11.9 Å². The third-order valence-electron chi connectivity index (χ3n) is 10.6. The van der Waals surface area contributed by atoms with Crippen molar-refractivity contribution in [3.8, 4) is 0 Å². The number of imidazole rings is 2. The van der Waals surface area contributed by atoms with E-state index in [9.17, 15) is 37.8 Å². The van der Waals surface area contributed by atoms with Gasteiger partial charge in [-0.05, 0) is 45.0 Å². The van der Waals surface area contributed by atoms with Gasteiger partial charge in [0.2, 0.25) is 11.9 Å². The zero-order chi connectivity index (χ0) is 51.2. The highest BCUT2D eigenvalue weighted by molar-refractivity contribution is 8.21. The first-order valence-corrected chi connectivity index (χ1v) is 31.4. The molecule has 4 aliphatic rings. The molecule has 35 heteroatoms. The lowest BCUT2D eigenvalue weighted by Crippen LogP contribution is -2.31. The lowest BCUT2D eigenvalue weighted by Gasteiger charge is -2.22. The molecule has 0 bridgehead atoms. The fraction of sp³-hybridized carbons (Fsp3) is 0.389. The van der Waals surface area contributed by atoms with Gasteiger partial charge >= 0.3 is 15.2 Å². The molecule has 2 aromatic carbocycles. The van der Waals surface area contributed by atoms with E-state index in [2.05, 4.69) is 29.9 Å². The van der Waals surface area contributed by atoms with E-state index in [0.717, 1.165) is 5.56 Å². The molecule has 0 saturated carbocycles. The van der Waals surface area contributed by atoms with Crippen LogP contribution in [0.2, 0.25) is 0 Å². The van der Waals surface area contributed by atoms with Crippen molar-refractivity contribution >= 4 is 106 Å². The fourth-order valence-electron chi connectivity index (χ4n) is 7.85. The molecule has 6 aromatic rings. The Hall–Kier alpha value is -3.62. The highest BCUT2D eigenvalue weighted by atomic mass is 35.9. The first-order chi connectivity index (χ1) is 33.4. The van der Waals surface area contributed by atoms with E-state index in [1.165, 1.54) is 17.2 Å². The standard InChI is InChI=1S/C18H21N5O10P2.C17H17N5O5.CH2Cl4O2P2/c19-18-21-14-11(15(24)22-18)20-7-23(14)16-13-12(32-17(33-13)9-4-2-1-3-5-9)10(31-16)6-30-35(28,29)8-34(25,26)27;18-17-20-13-10(14(24)21-17)19-7-22(13)15-12-11(9(6-23)25-15)26-16(27-12)8-4-2-1-3-5-8;2-8(3,6)1-9(4,5)7/h1-5,7,10,12-13,16-17H,6,8H2,(H,28,29)(H2,25,26,27)(H3,19,21,22,24);1-5,7,9,11-12,15-16,23H,6H2,(H3,18,20,21,24);1H2. The van der Waals surface area contributed by atoms with Gasteiger partial charge in [-0.1, -0.05) is 60.7 Å². The van der Waals surface area contributed by atoms with Crippen LogP contribution in [-0.4, -0.2) is 120 Å². The zero-order valence-electron chi connectivity index (χ0n) is 35.8. The van der Waals surface area contributed by atoms with Crippen molar-refractivity contribution in [1.82, 2.24) is 39.0 Å². The van der Waals surface area contributed by atoms with E-state index in [4.69, 9.17) is 99.2 Å². The summed E-state index contributed by atoms with van der Waals surface area (Å²) in [6, 6.07) is 18.5. The average molecular weight is 1150 g/mol. The number of nitrogens with one attached hydrogen (secondary N) is 2. The maximum atomic E-state index is 12.2. The molecule has 27 nitrogen and oxygen atoms in total. The molecule has 4 aromatic heterocycles. The number of hydrogen-bond acceptors (Lipinski definition) is 20. The summed E-state index contributed by atoms with van der Waals surface area (Å²) in [6.45, 7) is -0.760. The van der Waals surface area contributed by atoms with Gasteiger partial charge in [0.15, 0.2) is 53.3 Å². The maximum absolute atomic E-state index is 12.2. The van der Waals surface area contributed by atoms with E-state index in [1.54, 1.807) is 28.8 Å². The van der Waals surface area contributed by atoms with Gasteiger partial charge < -0.3 is 64.2 Å². The largest absolute Gasteiger partial charge is 0.394 e. The lowest BCUT2D eigenvalue weighted by molar-refractivity contribution is -0.153. The Morgan fingerprint density at radius 2 is 1.03 bits per heavy atom. The molecule has 0 radical (unpaired) electrons. The van der Waals surface area contributed by atoms with Crippen molar-refractivity contribution in [2.45, 2.75) is 61.7 Å². The van der Waals surface area contributed by atoms with Crippen LogP contribution in [0.1, 0.15) is 36.2 Å². The van der Waals surface area contributed by atoms with E-state index in [-0.39, 0.29) is 40.8 Å². The van der Waals surface area contributed by atoms with Crippen LogP contribution in [-0.2, 0) is 51.2 Å². The molecule has 0 aliphatic carbocycles. The number of rotatable bonds is 12. The minimum atomic E-state index is -4.81. The van der Waals surface area contributed by atoms with E-state index in [0.29, 0.717) is 5.56 Å². The van der Waals surface area contributed by atoms with Gasteiger partial charge in [0.1, 0.15) is 42.5 Å². The van der Waals surface area contributed by atoms with Crippen molar-refractivity contribution in [1.29, 1.82) is 0 Å². The topological polar surface area (TPSA) is 393 Å². The SMILES string of the molecule is Nc1nc2c(ncn2C2OC(CO)C3OC(c4ccccc4)OC32)c(=O)[nH]1.Nc1nc2c(ncn2C2OC(COP(=O)(O)CP(=O)(O)O)C3OC(c4ccccc4)OC32)c(=O)[nH]1.O=P(Cl)(Cl)CP(=O)(Cl)Cl. The van der Waals surface area contributed by atoms with Crippen molar-refractivity contribution in [3.63, 3.8) is 0 Å². The van der Waals surface area contributed by atoms with Gasteiger partial charge in [0, 0.05) is 11.1 Å². The number of nitrogens with two attached hydrogens (primary N) is 2. The van der Waals surface area contributed by atoms with Crippen molar-refractivity contribution in [2.75, 3.05) is 36.5 Å². The van der Waals surface area contributed by atoms with Gasteiger partial charge in [0.25, 0.3) is 22.8 Å². The summed E-state index contributed by atoms with van der Waals surface area (Å²) in [5, 5.41) is 9.71. The molecular weight excluding hydrogens is 1110 g/mol. The molecule has 4 aliphatic heterocycles. The number of aromatic amines is 2. The summed E-state index contributed by atoms with van der Waals surface area (Å²) in [5.41, 5.74) is 12.5. The van der Waals surface area contributed by atoms with Gasteiger partial charge in [-0.3, -0.25) is 47.0 Å². The minimum Gasteiger partial charge on any atom is -0.394 e. The number of fused-ring (bicyclic) bond motifs is 4. The number of nitrogens with zero attached hydrogens (tertiary/aromatic N) is 6. The number of aliphatic hydroxyl groups is 1. The van der Waals surface area contributed by atoms with Gasteiger partial charge in [-0.15, -0.1) is 0 Å². The third kappa shape index (κ3) is 12.8. The Morgan fingerprint density at radius 1 is 0.620 bits per heavy atom. The summed E-state index contributed by atoms with van der Waals surface area (Å²) < 4.78 is 88.3. The van der Waals surface area contributed by atoms with E-state index in [1.807, 2.05) is 36.4 Å². The van der Waals surface area contributed by atoms with Crippen LogP contribution >= 0.6 is 71.8 Å². The molecule has 11 unspecified atom stereocenters. The van der Waals surface area contributed by atoms with Crippen LogP contribution in [0.25, 0.3) is 22.3 Å². The molecule has 10 N–H and O–H groups in total. The molecule has 10 rings (SSSR count). The fourth-order valence-corrected chi connectivity index (χ4v) is 19.3. The van der Waals surface area contributed by atoms with Crippen LogP contribution < -0.4 is 22.6 Å². The second-order valence-electron chi connectivity index (χ2n) is 15.8. The molecule has 8 heterocycles. The van der Waals surface area contributed by atoms with Gasteiger partial charge in [0.05, 0.1) is 25.9 Å². The molecule has 71 heavy (non-hydrogen) atoms. The first kappa shape index (κ1) is 53.7. The summed E-state index contributed by atoms with van der Waals surface area (Å²) in [4.78, 5) is 73.4. The highest BCUT2D eigenvalue weighted by Crippen LogP contribution is 2.72. The van der Waals surface area contributed by atoms with Crippen molar-refractivity contribution in [3.05, 3.63) is 105 Å². The number of halogens is 4. The van der Waals surface area contributed by atoms with Crippen LogP contribution in [0.5, 0.6) is 0 Å². The molecule has 384 valence electrons. The maximum Gasteiger partial charge on any atom is 0.340 e. The zero-order valence-corrected chi connectivity index (χ0v) is 42.4. The summed E-state index contributed by atoms with van der Waals surface area (Å²) >= 11 is 20.0. The van der Waals surface area contributed by atoms with Crippen molar-refractivity contribution in [2.24, 2.45) is 0 Å². The molecule has 11 atom stereocenters. The third-order valence-corrected chi connectivity index (χ3v) is 20.5. The monoisotopic (exact) mass is 1150 g/mol. The highest BCUT2D eigenvalue weighted by Gasteiger charge is 2.56. The quantitative estimate of drug-likeness (QED) is 0.0764. The van der Waals surface area contributed by atoms with Crippen LogP contribution in [0.15, 0.2) is 82.9 Å². The number of aliphatic hydroxyl groups excluding tert-OH is 1. The molecular formula is C36H40Cl4N10O17P4. The Morgan fingerprint density at radius 3 is 1.42 bits per heavy atom. The second-order valence-corrected chi connectivity index (χ2v) is 30.8. The number of aromatic nitrogens is 8. The molecule has 4 saturated heterocycles. The normalized spacial score (nSPS) is 27.1. The van der Waals surface area contributed by atoms with E-state index < -0.39 is 118 Å². The first-order valence-electron chi connectivity index (χ1n) is 20.4. The second kappa shape index (κ2) is 21.3. The molecule has 0 spiro atoms. The number of ether oxygens (including phenoxy) is 6. The van der Waals surface area contributed by atoms with Gasteiger partial charge in [-0.25, -0.2) is 9.97 Å². The number of nitrogen functional groups attached to an aromatic ring is 2. The number of anilines is 2. The smallest absolute Gasteiger partial charge is 0.340 e. The summed E-state index contributed by atoms with van der Waals surface area (Å²) in [6.07, 6.45) is -4.34. The Labute approximate surface area is 417 Å². The molecule has 4 fully saturated rings. The summed E-state index contributed by atoms with van der Waals surface area (Å²) in [5.74, 6) is -8.77. The lowest BCUT2D eigenvalue weighted by atomic mass is 10.1. The van der Waals surface area contributed by atoms with Crippen LogP contribution in [0, 0.1) is 0 Å². The summed E-state index contributed by atoms with van der Waals surface area (Å²) in [7, 11) is -9.45. The van der Waals surface area contributed by atoms with Crippen molar-refractivity contribution < 1.29 is 71.0 Å². The van der Waals surface area contributed by atoms with Gasteiger partial charge in [-0.2, -0.15) is 9.97 Å². The Balaban J connectivity index is 0.000000166. The number of benzene rings is 2.